The van der Waals surface area contributed by atoms with Crippen molar-refractivity contribution >= 4 is 0 Å². The first kappa shape index (κ1) is 13.9. The van der Waals surface area contributed by atoms with Crippen LogP contribution < -0.4 is 10.1 Å². The van der Waals surface area contributed by atoms with Crippen LogP contribution in [0.2, 0.25) is 0 Å². The van der Waals surface area contributed by atoms with Crippen molar-refractivity contribution in [3.05, 3.63) is 29.3 Å². The van der Waals surface area contributed by atoms with Gasteiger partial charge in [0.15, 0.2) is 6.29 Å². The fraction of sp³-hybridized carbons (Fsp3) is 0.625. The van der Waals surface area contributed by atoms with Crippen LogP contribution in [0.5, 0.6) is 5.75 Å². The van der Waals surface area contributed by atoms with Crippen molar-refractivity contribution < 1.29 is 14.2 Å². The Hall–Kier alpha value is -1.10. The van der Waals surface area contributed by atoms with Crippen molar-refractivity contribution in [1.82, 2.24) is 5.32 Å². The van der Waals surface area contributed by atoms with Crippen LogP contribution in [0.25, 0.3) is 0 Å². The third-order valence-corrected chi connectivity index (χ3v) is 3.91. The van der Waals surface area contributed by atoms with E-state index in [4.69, 9.17) is 14.2 Å². The van der Waals surface area contributed by atoms with Crippen LogP contribution in [-0.4, -0.2) is 32.7 Å². The van der Waals surface area contributed by atoms with E-state index >= 15 is 0 Å². The number of ether oxygens (including phenoxy) is 3. The molecule has 3 rings (SSSR count). The molecule has 0 aromatic heterocycles. The molecular formula is C16H23NO3. The minimum Gasteiger partial charge on any atom is -0.493 e. The summed E-state index contributed by atoms with van der Waals surface area (Å²) in [5, 5.41) is 3.54. The zero-order valence-corrected chi connectivity index (χ0v) is 12.1. The number of hydrogen-bond donors (Lipinski definition) is 1. The standard InChI is InChI=1S/C16H23NO3/c1-2-17-14(11-15-18-9-10-19-15)13-7-3-5-12-6-4-8-20-16(12)13/h3,5,7,14-15,17H,2,4,6,8-11H2,1H3. The molecule has 1 unspecified atom stereocenters. The lowest BCUT2D eigenvalue weighted by molar-refractivity contribution is -0.0530. The van der Waals surface area contributed by atoms with E-state index in [0.29, 0.717) is 13.2 Å². The highest BCUT2D eigenvalue weighted by molar-refractivity contribution is 5.44. The first-order valence-corrected chi connectivity index (χ1v) is 7.59. The Labute approximate surface area is 120 Å². The summed E-state index contributed by atoms with van der Waals surface area (Å²) in [7, 11) is 0. The summed E-state index contributed by atoms with van der Waals surface area (Å²) in [4.78, 5) is 0. The molecule has 4 nitrogen and oxygen atoms in total. The molecule has 1 saturated heterocycles. The van der Waals surface area contributed by atoms with Crippen molar-refractivity contribution in [2.24, 2.45) is 0 Å². The molecule has 1 N–H and O–H groups in total. The largest absolute Gasteiger partial charge is 0.493 e. The van der Waals surface area contributed by atoms with Gasteiger partial charge >= 0.3 is 0 Å². The SMILES string of the molecule is CCNC(CC1OCCO1)c1cccc2c1OCCC2. The van der Waals surface area contributed by atoms with Crippen LogP contribution in [0.1, 0.15) is 36.9 Å². The Kier molecular flexibility index (Phi) is 4.55. The van der Waals surface area contributed by atoms with Crippen LogP contribution in [0.15, 0.2) is 18.2 Å². The first-order chi connectivity index (χ1) is 9.88. The molecule has 1 aromatic rings. The summed E-state index contributed by atoms with van der Waals surface area (Å²) in [6.45, 7) is 5.26. The number of benzene rings is 1. The van der Waals surface area contributed by atoms with Gasteiger partial charge in [-0.05, 0) is 24.9 Å². The monoisotopic (exact) mass is 277 g/mol. The van der Waals surface area contributed by atoms with E-state index in [-0.39, 0.29) is 12.3 Å². The van der Waals surface area contributed by atoms with Crippen LogP contribution in [0.3, 0.4) is 0 Å². The lowest BCUT2D eigenvalue weighted by Gasteiger charge is -2.27. The number of fused-ring (bicyclic) bond motifs is 1. The minimum atomic E-state index is -0.0986. The normalized spacial score (nSPS) is 20.4. The minimum absolute atomic E-state index is 0.0986. The molecule has 2 heterocycles. The maximum atomic E-state index is 5.92. The molecule has 1 fully saturated rings. The molecule has 1 aromatic carbocycles. The molecule has 0 bridgehead atoms. The number of para-hydroxylation sites is 1. The summed E-state index contributed by atoms with van der Waals surface area (Å²) in [5.41, 5.74) is 2.56. The van der Waals surface area contributed by atoms with E-state index in [1.165, 1.54) is 11.1 Å². The average Bonchev–Trinajstić information content (AvgIpc) is 2.99. The smallest absolute Gasteiger partial charge is 0.159 e. The van der Waals surface area contributed by atoms with Crippen molar-refractivity contribution in [3.63, 3.8) is 0 Å². The zero-order chi connectivity index (χ0) is 13.8. The fourth-order valence-electron chi connectivity index (χ4n) is 2.99. The number of rotatable bonds is 5. The summed E-state index contributed by atoms with van der Waals surface area (Å²) >= 11 is 0. The Morgan fingerprint density at radius 2 is 2.10 bits per heavy atom. The van der Waals surface area contributed by atoms with Crippen LogP contribution in [0.4, 0.5) is 0 Å². The van der Waals surface area contributed by atoms with Gasteiger partial charge in [0.25, 0.3) is 0 Å². The van der Waals surface area contributed by atoms with Crippen LogP contribution >= 0.6 is 0 Å². The maximum absolute atomic E-state index is 5.92. The Bertz CT molecular complexity index is 443. The second-order valence-electron chi connectivity index (χ2n) is 5.30. The summed E-state index contributed by atoms with van der Waals surface area (Å²) < 4.78 is 17.1. The van der Waals surface area contributed by atoms with Gasteiger partial charge in [0.2, 0.25) is 0 Å². The lowest BCUT2D eigenvalue weighted by Crippen LogP contribution is -2.27. The fourth-order valence-corrected chi connectivity index (χ4v) is 2.99. The highest BCUT2D eigenvalue weighted by atomic mass is 16.7. The molecule has 0 saturated carbocycles. The number of nitrogens with one attached hydrogen (secondary N) is 1. The van der Waals surface area contributed by atoms with E-state index in [1.54, 1.807) is 0 Å². The third-order valence-electron chi connectivity index (χ3n) is 3.91. The molecule has 2 aliphatic rings. The third kappa shape index (κ3) is 2.97. The van der Waals surface area contributed by atoms with Gasteiger partial charge in [-0.15, -0.1) is 0 Å². The van der Waals surface area contributed by atoms with E-state index in [1.807, 2.05) is 0 Å². The van der Waals surface area contributed by atoms with Gasteiger partial charge < -0.3 is 19.5 Å². The van der Waals surface area contributed by atoms with Crippen LogP contribution in [0, 0.1) is 0 Å². The average molecular weight is 277 g/mol. The predicted molar refractivity (Wildman–Crippen MR) is 77.0 cm³/mol. The molecule has 110 valence electrons. The summed E-state index contributed by atoms with van der Waals surface area (Å²) in [5.74, 6) is 1.07. The van der Waals surface area contributed by atoms with Gasteiger partial charge in [-0.3, -0.25) is 0 Å². The van der Waals surface area contributed by atoms with E-state index in [0.717, 1.165) is 38.2 Å². The van der Waals surface area contributed by atoms with Gasteiger partial charge in [0.1, 0.15) is 5.75 Å². The molecule has 2 aliphatic heterocycles. The van der Waals surface area contributed by atoms with Crippen molar-refractivity contribution in [2.45, 2.75) is 38.5 Å². The second kappa shape index (κ2) is 6.57. The predicted octanol–water partition coefficient (Wildman–Crippen LogP) is 2.43. The van der Waals surface area contributed by atoms with Crippen molar-refractivity contribution in [1.29, 1.82) is 0 Å². The molecule has 0 aliphatic carbocycles. The first-order valence-electron chi connectivity index (χ1n) is 7.59. The topological polar surface area (TPSA) is 39.7 Å². The molecule has 0 radical (unpaired) electrons. The van der Waals surface area contributed by atoms with Crippen molar-refractivity contribution in [3.8, 4) is 5.75 Å². The maximum Gasteiger partial charge on any atom is 0.159 e. The Morgan fingerprint density at radius 1 is 1.25 bits per heavy atom. The van der Waals surface area contributed by atoms with Gasteiger partial charge in [0, 0.05) is 18.0 Å². The lowest BCUT2D eigenvalue weighted by atomic mass is 9.96. The molecule has 1 atom stereocenters. The highest BCUT2D eigenvalue weighted by Crippen LogP contribution is 2.35. The number of hydrogen-bond acceptors (Lipinski definition) is 4. The Balaban J connectivity index is 1.82. The second-order valence-corrected chi connectivity index (χ2v) is 5.30. The number of aryl methyl sites for hydroxylation is 1. The molecular weight excluding hydrogens is 254 g/mol. The highest BCUT2D eigenvalue weighted by Gasteiger charge is 2.26. The molecule has 4 heteroatoms. The van der Waals surface area contributed by atoms with Gasteiger partial charge in [-0.2, -0.15) is 0 Å². The van der Waals surface area contributed by atoms with E-state index in [9.17, 15) is 0 Å². The molecule has 0 amide bonds. The van der Waals surface area contributed by atoms with E-state index in [2.05, 4.69) is 30.4 Å². The summed E-state index contributed by atoms with van der Waals surface area (Å²) in [6, 6.07) is 6.68. The quantitative estimate of drug-likeness (QED) is 0.897. The molecule has 20 heavy (non-hydrogen) atoms. The Morgan fingerprint density at radius 3 is 2.90 bits per heavy atom. The van der Waals surface area contributed by atoms with Gasteiger partial charge in [0.05, 0.1) is 19.8 Å². The zero-order valence-electron chi connectivity index (χ0n) is 12.1. The van der Waals surface area contributed by atoms with Crippen molar-refractivity contribution in [2.75, 3.05) is 26.4 Å². The van der Waals surface area contributed by atoms with E-state index < -0.39 is 0 Å². The van der Waals surface area contributed by atoms with Crippen LogP contribution in [-0.2, 0) is 15.9 Å². The summed E-state index contributed by atoms with van der Waals surface area (Å²) in [6.07, 6.45) is 2.95. The van der Waals surface area contributed by atoms with Gasteiger partial charge in [-0.25, -0.2) is 0 Å². The molecule has 0 spiro atoms. The van der Waals surface area contributed by atoms with Gasteiger partial charge in [-0.1, -0.05) is 25.1 Å².